The van der Waals surface area contributed by atoms with Crippen molar-refractivity contribution in [2.24, 2.45) is 0 Å². The number of carbonyl (C=O) groups is 2. The molecule has 0 unspecified atom stereocenters. The average Bonchev–Trinajstić information content (AvgIpc) is 2.76. The maximum Gasteiger partial charge on any atom is 0.349 e. The zero-order valence-corrected chi connectivity index (χ0v) is 14.9. The van der Waals surface area contributed by atoms with Gasteiger partial charge in [0.2, 0.25) is 5.78 Å². The molecule has 5 nitrogen and oxygen atoms in total. The number of fused-ring (bicyclic) bond motifs is 1. The van der Waals surface area contributed by atoms with Gasteiger partial charge in [-0.15, -0.1) is 6.58 Å². The number of imidazole rings is 1. The fraction of sp³-hybridized carbons (Fsp3) is 0.105. The van der Waals surface area contributed by atoms with E-state index in [4.69, 9.17) is 17.0 Å². The van der Waals surface area contributed by atoms with Crippen LogP contribution in [0, 0.1) is 4.77 Å². The number of carbonyl (C=O) groups excluding carboxylic acids is 2. The molecule has 0 bridgehead atoms. The van der Waals surface area contributed by atoms with Gasteiger partial charge in [0, 0.05) is 6.20 Å². The first-order valence-corrected chi connectivity index (χ1v) is 7.81. The maximum atomic E-state index is 12.4. The van der Waals surface area contributed by atoms with E-state index in [-0.39, 0.29) is 11.3 Å². The smallest absolute Gasteiger partial charge is 0.349 e. The third kappa shape index (κ3) is 3.92. The summed E-state index contributed by atoms with van der Waals surface area (Å²) >= 11 is 5.10. The summed E-state index contributed by atoms with van der Waals surface area (Å²) in [6.07, 6.45) is 1.33. The zero-order valence-electron chi connectivity index (χ0n) is 14.1. The molecule has 0 aliphatic carbocycles. The number of esters is 1. The number of aromatic amines is 1. The average molecular weight is 354 g/mol. The lowest BCUT2D eigenvalue weighted by molar-refractivity contribution is -0.130. The van der Waals surface area contributed by atoms with Crippen LogP contribution in [-0.4, -0.2) is 21.3 Å². The summed E-state index contributed by atoms with van der Waals surface area (Å²) in [5.41, 5.74) is 1.40. The van der Waals surface area contributed by atoms with Gasteiger partial charge in [0.05, 0.1) is 16.3 Å². The second-order valence-corrected chi connectivity index (χ2v) is 6.08. The van der Waals surface area contributed by atoms with Gasteiger partial charge in [-0.1, -0.05) is 30.9 Å². The second kappa shape index (κ2) is 7.27. The molecule has 0 spiro atoms. The molecule has 0 saturated carbocycles. The lowest BCUT2D eigenvalue weighted by Gasteiger charge is -2.16. The van der Waals surface area contributed by atoms with Gasteiger partial charge >= 0.3 is 5.97 Å². The van der Waals surface area contributed by atoms with Crippen molar-refractivity contribution in [1.82, 2.24) is 9.55 Å². The van der Waals surface area contributed by atoms with E-state index in [0.717, 1.165) is 0 Å². The Kier molecular flexibility index (Phi) is 5.34. The molecule has 1 aliphatic rings. The normalized spacial score (nSPS) is 14.4. The molecule has 2 aromatic rings. The number of allylic oxidation sites excluding steroid dienone is 1. The zero-order chi connectivity index (χ0) is 18.7. The molecule has 0 radical (unpaired) electrons. The van der Waals surface area contributed by atoms with E-state index in [1.165, 1.54) is 16.3 Å². The van der Waals surface area contributed by atoms with Gasteiger partial charge in [0.25, 0.3) is 0 Å². The highest BCUT2D eigenvalue weighted by molar-refractivity contribution is 7.71. The van der Waals surface area contributed by atoms with Crippen molar-refractivity contribution in [2.75, 3.05) is 0 Å². The van der Waals surface area contributed by atoms with Crippen molar-refractivity contribution in [3.63, 3.8) is 0 Å². The minimum Gasteiger partial charge on any atom is -0.422 e. The molecule has 6 heteroatoms. The van der Waals surface area contributed by atoms with Crippen molar-refractivity contribution in [2.45, 2.75) is 13.8 Å². The van der Waals surface area contributed by atoms with Crippen LogP contribution >= 0.6 is 12.2 Å². The highest BCUT2D eigenvalue weighted by Gasteiger charge is 2.30. The fourth-order valence-corrected chi connectivity index (χ4v) is 2.33. The van der Waals surface area contributed by atoms with Gasteiger partial charge in [-0.05, 0) is 38.2 Å². The van der Waals surface area contributed by atoms with E-state index in [9.17, 15) is 9.59 Å². The summed E-state index contributed by atoms with van der Waals surface area (Å²) in [7, 11) is 0. The standard InChI is InChI=1S/C15H10N2O3S.C4H8/c1-8-9(2)17(15(21)16-8)7-11-13(18)10-5-3-4-6-12(10)20-14(11)19;1-4(2)3/h3-7H,1-2H2,(H,16,21);1H2,2-3H3/b11-7-;. The number of hydrogen-bond donors (Lipinski definition) is 1. The molecule has 0 atom stereocenters. The summed E-state index contributed by atoms with van der Waals surface area (Å²) in [6.45, 7) is 15.0. The van der Waals surface area contributed by atoms with Crippen LogP contribution in [-0.2, 0) is 4.79 Å². The maximum absolute atomic E-state index is 12.4. The molecule has 1 N–H and O–H groups in total. The third-order valence-corrected chi connectivity index (χ3v) is 3.47. The van der Waals surface area contributed by atoms with Crippen LogP contribution < -0.4 is 15.4 Å². The fourth-order valence-electron chi connectivity index (χ4n) is 2.04. The number of rotatable bonds is 1. The molecule has 3 rings (SSSR count). The number of ketones is 1. The van der Waals surface area contributed by atoms with Crippen LogP contribution in [0.15, 0.2) is 42.0 Å². The number of ether oxygens (including phenoxy) is 1. The Bertz CT molecular complexity index is 1050. The van der Waals surface area contributed by atoms with Gasteiger partial charge in [-0.2, -0.15) is 0 Å². The van der Waals surface area contributed by atoms with Gasteiger partial charge in [-0.3, -0.25) is 9.36 Å². The lowest BCUT2D eigenvalue weighted by atomic mass is 10.0. The molecular formula is C19H18N2O3S. The summed E-state index contributed by atoms with van der Waals surface area (Å²) < 4.78 is 6.89. The van der Waals surface area contributed by atoms with Crippen molar-refractivity contribution < 1.29 is 14.3 Å². The van der Waals surface area contributed by atoms with Crippen molar-refractivity contribution >= 4 is 43.3 Å². The predicted molar refractivity (Wildman–Crippen MR) is 101 cm³/mol. The number of benzene rings is 1. The largest absolute Gasteiger partial charge is 0.422 e. The van der Waals surface area contributed by atoms with Crippen molar-refractivity contribution in [1.29, 1.82) is 0 Å². The Morgan fingerprint density at radius 3 is 2.40 bits per heavy atom. The Morgan fingerprint density at radius 2 is 1.84 bits per heavy atom. The van der Waals surface area contributed by atoms with E-state index in [0.29, 0.717) is 21.0 Å². The van der Waals surface area contributed by atoms with Crippen LogP contribution in [0.4, 0.5) is 0 Å². The Labute approximate surface area is 150 Å². The quantitative estimate of drug-likeness (QED) is 0.214. The topological polar surface area (TPSA) is 64.1 Å². The number of hydrogen-bond acceptors (Lipinski definition) is 4. The number of H-pyrrole nitrogens is 1. The Hall–Kier alpha value is -2.99. The summed E-state index contributed by atoms with van der Waals surface area (Å²) in [5, 5.41) is 1.00. The first kappa shape index (κ1) is 18.4. The van der Waals surface area contributed by atoms with Crippen LogP contribution in [0.25, 0.3) is 19.4 Å². The highest BCUT2D eigenvalue weighted by Crippen LogP contribution is 2.27. The molecule has 1 aliphatic heterocycles. The van der Waals surface area contributed by atoms with E-state index >= 15 is 0 Å². The van der Waals surface area contributed by atoms with Crippen LogP contribution in [0.3, 0.4) is 0 Å². The van der Waals surface area contributed by atoms with Crippen LogP contribution in [0.5, 0.6) is 5.75 Å². The number of nitrogens with zero attached hydrogens (tertiary/aromatic N) is 1. The molecule has 1 aromatic heterocycles. The Balaban J connectivity index is 0.000000511. The van der Waals surface area contributed by atoms with Crippen LogP contribution in [0.1, 0.15) is 24.2 Å². The molecule has 1 aromatic carbocycles. The van der Waals surface area contributed by atoms with E-state index in [1.807, 2.05) is 13.8 Å². The SMILES string of the molecule is C=C(C)C.C=c1[nH]c(=S)n(/C=C2\C(=O)Oc3ccccc3C2=O)c1=C. The third-order valence-electron chi connectivity index (χ3n) is 3.17. The molecule has 0 saturated heterocycles. The number of nitrogens with one attached hydrogen (secondary N) is 1. The lowest BCUT2D eigenvalue weighted by Crippen LogP contribution is -2.28. The number of Topliss-reactive ketones (excluding diaryl/α,β-unsaturated/α-hetero) is 1. The highest BCUT2D eigenvalue weighted by atomic mass is 32.1. The van der Waals surface area contributed by atoms with Gasteiger partial charge in [-0.25, -0.2) is 4.79 Å². The monoisotopic (exact) mass is 354 g/mol. The first-order valence-electron chi connectivity index (χ1n) is 7.40. The minimum atomic E-state index is -0.716. The van der Waals surface area contributed by atoms with Gasteiger partial charge in [0.1, 0.15) is 11.3 Å². The molecule has 128 valence electrons. The number of aromatic nitrogens is 2. The predicted octanol–water partition coefficient (Wildman–Crippen LogP) is 2.59. The van der Waals surface area contributed by atoms with Gasteiger partial charge < -0.3 is 9.72 Å². The summed E-state index contributed by atoms with van der Waals surface area (Å²) in [5.74, 6) is -0.864. The van der Waals surface area contributed by atoms with E-state index in [1.54, 1.807) is 24.3 Å². The molecule has 25 heavy (non-hydrogen) atoms. The summed E-state index contributed by atoms with van der Waals surface area (Å²) in [4.78, 5) is 27.2. The summed E-state index contributed by atoms with van der Waals surface area (Å²) in [6, 6.07) is 6.58. The molecular weight excluding hydrogens is 336 g/mol. The number of para-hydroxylation sites is 1. The Morgan fingerprint density at radius 1 is 1.24 bits per heavy atom. The van der Waals surface area contributed by atoms with Gasteiger partial charge in [0.15, 0.2) is 4.77 Å². The van der Waals surface area contributed by atoms with Crippen LogP contribution in [0.2, 0.25) is 0 Å². The van der Waals surface area contributed by atoms with Crippen molar-refractivity contribution in [3.8, 4) is 5.75 Å². The van der Waals surface area contributed by atoms with E-state index in [2.05, 4.69) is 24.7 Å². The first-order chi connectivity index (χ1) is 11.7. The molecule has 2 heterocycles. The van der Waals surface area contributed by atoms with Crippen molar-refractivity contribution in [3.05, 3.63) is 63.0 Å². The van der Waals surface area contributed by atoms with E-state index < -0.39 is 11.8 Å². The molecule has 0 amide bonds. The second-order valence-electron chi connectivity index (χ2n) is 5.69. The minimum absolute atomic E-state index is 0.103. The molecule has 0 fully saturated rings.